The van der Waals surface area contributed by atoms with Gasteiger partial charge in [-0.05, 0) is 63.6 Å². The lowest BCUT2D eigenvalue weighted by atomic mass is 10.2. The fraction of sp³-hybridized carbons (Fsp3) is 0.318. The zero-order valence-corrected chi connectivity index (χ0v) is 16.9. The van der Waals surface area contributed by atoms with Crippen LogP contribution in [0.3, 0.4) is 0 Å². The van der Waals surface area contributed by atoms with Gasteiger partial charge in [-0.3, -0.25) is 9.36 Å². The second kappa shape index (κ2) is 8.77. The van der Waals surface area contributed by atoms with Crippen LogP contribution in [0.1, 0.15) is 33.6 Å². The van der Waals surface area contributed by atoms with E-state index in [4.69, 9.17) is 4.74 Å². The molecule has 3 rings (SSSR count). The summed E-state index contributed by atoms with van der Waals surface area (Å²) in [5, 5.41) is 5.52. The van der Waals surface area contributed by atoms with Crippen LogP contribution in [-0.2, 0) is 9.53 Å². The summed E-state index contributed by atoms with van der Waals surface area (Å²) in [4.78, 5) is 28.1. The molecule has 0 fully saturated rings. The highest BCUT2D eigenvalue weighted by Gasteiger charge is 2.15. The first-order valence-corrected chi connectivity index (χ1v) is 9.61. The number of hydrogen-bond acceptors (Lipinski definition) is 4. The van der Waals surface area contributed by atoms with Gasteiger partial charge in [-0.1, -0.05) is 12.1 Å². The molecule has 29 heavy (non-hydrogen) atoms. The van der Waals surface area contributed by atoms with Crippen LogP contribution in [0, 0.1) is 0 Å². The highest BCUT2D eigenvalue weighted by atomic mass is 16.6. The summed E-state index contributed by atoms with van der Waals surface area (Å²) in [6, 6.07) is 15.5. The third kappa shape index (κ3) is 5.81. The highest BCUT2D eigenvalue weighted by Crippen LogP contribution is 2.19. The third-order valence-corrected chi connectivity index (χ3v) is 4.13. The Balaban J connectivity index is 1.47. The van der Waals surface area contributed by atoms with E-state index in [1.807, 2.05) is 53.1 Å². The van der Waals surface area contributed by atoms with Gasteiger partial charge in [-0.25, -0.2) is 9.78 Å². The summed E-state index contributed by atoms with van der Waals surface area (Å²) < 4.78 is 7.16. The van der Waals surface area contributed by atoms with E-state index in [0.717, 1.165) is 22.4 Å². The fourth-order valence-corrected chi connectivity index (χ4v) is 2.85. The quantitative estimate of drug-likeness (QED) is 0.612. The molecule has 7 heteroatoms. The van der Waals surface area contributed by atoms with Crippen molar-refractivity contribution in [2.75, 3.05) is 11.9 Å². The minimum absolute atomic E-state index is 0.100. The van der Waals surface area contributed by atoms with Crippen LogP contribution in [0.2, 0.25) is 0 Å². The molecule has 2 aromatic carbocycles. The van der Waals surface area contributed by atoms with Gasteiger partial charge in [0.2, 0.25) is 5.91 Å². The maximum atomic E-state index is 12.1. The summed E-state index contributed by atoms with van der Waals surface area (Å²) >= 11 is 0. The van der Waals surface area contributed by atoms with Crippen LogP contribution in [0.15, 0.2) is 54.9 Å². The number of carbonyl (C=O) groups excluding carboxylic acids is 2. The lowest BCUT2D eigenvalue weighted by molar-refractivity contribution is -0.116. The molecular weight excluding hydrogens is 368 g/mol. The van der Waals surface area contributed by atoms with Crippen LogP contribution in [0.4, 0.5) is 10.5 Å². The van der Waals surface area contributed by atoms with Gasteiger partial charge in [0.15, 0.2) is 0 Å². The predicted molar refractivity (Wildman–Crippen MR) is 113 cm³/mol. The Morgan fingerprint density at radius 3 is 2.52 bits per heavy atom. The van der Waals surface area contributed by atoms with Crippen molar-refractivity contribution in [2.24, 2.45) is 0 Å². The van der Waals surface area contributed by atoms with Crippen molar-refractivity contribution in [1.82, 2.24) is 14.9 Å². The normalized spacial score (nSPS) is 11.3. The number of benzene rings is 2. The number of imidazole rings is 1. The topological polar surface area (TPSA) is 85.2 Å². The molecule has 0 atom stereocenters. The van der Waals surface area contributed by atoms with E-state index in [0.29, 0.717) is 19.4 Å². The number of carbonyl (C=O) groups is 2. The van der Waals surface area contributed by atoms with Crippen LogP contribution >= 0.6 is 0 Å². The zero-order valence-electron chi connectivity index (χ0n) is 16.9. The molecule has 3 aromatic rings. The summed E-state index contributed by atoms with van der Waals surface area (Å²) in [5.41, 5.74) is 3.13. The van der Waals surface area contributed by atoms with Crippen LogP contribution in [0.25, 0.3) is 16.7 Å². The molecule has 7 nitrogen and oxygen atoms in total. The zero-order chi connectivity index (χ0) is 20.9. The van der Waals surface area contributed by atoms with Gasteiger partial charge in [0, 0.05) is 24.3 Å². The summed E-state index contributed by atoms with van der Waals surface area (Å²) in [6.07, 6.45) is 2.16. The van der Waals surface area contributed by atoms with Crippen molar-refractivity contribution in [3.05, 3.63) is 54.9 Å². The smallest absolute Gasteiger partial charge is 0.407 e. The van der Waals surface area contributed by atoms with Crippen LogP contribution in [-0.4, -0.2) is 33.7 Å². The number of para-hydroxylation sites is 2. The van der Waals surface area contributed by atoms with Crippen molar-refractivity contribution < 1.29 is 14.3 Å². The van der Waals surface area contributed by atoms with E-state index in [1.165, 1.54) is 0 Å². The lowest BCUT2D eigenvalue weighted by Gasteiger charge is -2.19. The Hall–Kier alpha value is -3.35. The third-order valence-electron chi connectivity index (χ3n) is 4.13. The molecule has 2 amide bonds. The van der Waals surface area contributed by atoms with E-state index in [9.17, 15) is 9.59 Å². The van der Waals surface area contributed by atoms with Crippen molar-refractivity contribution in [1.29, 1.82) is 0 Å². The molecule has 0 saturated heterocycles. The molecule has 0 bridgehead atoms. The molecule has 1 aromatic heterocycles. The molecule has 0 unspecified atom stereocenters. The van der Waals surface area contributed by atoms with Gasteiger partial charge in [0.05, 0.1) is 11.0 Å². The molecule has 2 N–H and O–H groups in total. The van der Waals surface area contributed by atoms with Crippen molar-refractivity contribution in [3.8, 4) is 5.69 Å². The number of aromatic nitrogens is 2. The Morgan fingerprint density at radius 1 is 1.07 bits per heavy atom. The van der Waals surface area contributed by atoms with Crippen LogP contribution in [0.5, 0.6) is 0 Å². The molecule has 0 aliphatic rings. The number of anilines is 1. The number of fused-ring (bicyclic) bond motifs is 1. The number of ether oxygens (including phenoxy) is 1. The van der Waals surface area contributed by atoms with E-state index in [-0.39, 0.29) is 5.91 Å². The number of nitrogens with one attached hydrogen (secondary N) is 2. The molecule has 152 valence electrons. The maximum absolute atomic E-state index is 12.1. The Bertz CT molecular complexity index is 987. The standard InChI is InChI=1S/C22H26N4O3/c1-22(2,3)29-21(28)23-14-6-9-20(27)25-16-10-12-17(13-11-16)26-15-24-18-7-4-5-8-19(18)26/h4-5,7-8,10-13,15H,6,9,14H2,1-3H3,(H,23,28)(H,25,27). The van der Waals surface area contributed by atoms with E-state index >= 15 is 0 Å². The predicted octanol–water partition coefficient (Wildman–Crippen LogP) is 4.27. The van der Waals surface area contributed by atoms with Gasteiger partial charge in [-0.15, -0.1) is 0 Å². The highest BCUT2D eigenvalue weighted by molar-refractivity contribution is 5.90. The molecule has 0 radical (unpaired) electrons. The van der Waals surface area contributed by atoms with Crippen LogP contribution < -0.4 is 10.6 Å². The number of hydrogen-bond donors (Lipinski definition) is 2. The minimum Gasteiger partial charge on any atom is -0.444 e. The molecule has 0 aliphatic carbocycles. The second-order valence-corrected chi connectivity index (χ2v) is 7.73. The van der Waals surface area contributed by atoms with Gasteiger partial charge >= 0.3 is 6.09 Å². The molecule has 1 heterocycles. The van der Waals surface area contributed by atoms with Gasteiger partial charge in [-0.2, -0.15) is 0 Å². The SMILES string of the molecule is CC(C)(C)OC(=O)NCCCC(=O)Nc1ccc(-n2cnc3ccccc32)cc1. The molecule has 0 aliphatic heterocycles. The van der Waals surface area contributed by atoms with Crippen molar-refractivity contribution in [2.45, 2.75) is 39.2 Å². The summed E-state index contributed by atoms with van der Waals surface area (Å²) in [5.74, 6) is -0.100. The lowest BCUT2D eigenvalue weighted by Crippen LogP contribution is -2.33. The average molecular weight is 394 g/mol. The fourth-order valence-electron chi connectivity index (χ4n) is 2.85. The summed E-state index contributed by atoms with van der Waals surface area (Å²) in [6.45, 7) is 5.80. The number of nitrogens with zero attached hydrogens (tertiary/aromatic N) is 2. The molecular formula is C22H26N4O3. The maximum Gasteiger partial charge on any atom is 0.407 e. The molecule has 0 spiro atoms. The van der Waals surface area contributed by atoms with E-state index < -0.39 is 11.7 Å². The Kier molecular flexibility index (Phi) is 6.16. The second-order valence-electron chi connectivity index (χ2n) is 7.73. The average Bonchev–Trinajstić information content (AvgIpc) is 3.09. The molecule has 0 saturated carbocycles. The number of rotatable bonds is 6. The Morgan fingerprint density at radius 2 is 1.79 bits per heavy atom. The monoisotopic (exact) mass is 394 g/mol. The first-order valence-electron chi connectivity index (χ1n) is 9.61. The first kappa shape index (κ1) is 20.4. The van der Waals surface area contributed by atoms with Gasteiger partial charge < -0.3 is 15.4 Å². The largest absolute Gasteiger partial charge is 0.444 e. The number of amides is 2. The van der Waals surface area contributed by atoms with Crippen molar-refractivity contribution in [3.63, 3.8) is 0 Å². The summed E-state index contributed by atoms with van der Waals surface area (Å²) in [7, 11) is 0. The van der Waals surface area contributed by atoms with E-state index in [1.54, 1.807) is 27.1 Å². The van der Waals surface area contributed by atoms with E-state index in [2.05, 4.69) is 15.6 Å². The minimum atomic E-state index is -0.531. The number of alkyl carbamates (subject to hydrolysis) is 1. The van der Waals surface area contributed by atoms with Gasteiger partial charge in [0.25, 0.3) is 0 Å². The first-order chi connectivity index (χ1) is 13.8. The van der Waals surface area contributed by atoms with Gasteiger partial charge in [0.1, 0.15) is 11.9 Å². The van der Waals surface area contributed by atoms with Crippen molar-refractivity contribution >= 4 is 28.7 Å². The Labute approximate surface area is 170 Å².